The fourth-order valence-corrected chi connectivity index (χ4v) is 4.80. The number of nitrogens with zero attached hydrogens (tertiary/aromatic N) is 2. The average molecular weight is 393 g/mol. The van der Waals surface area contributed by atoms with Crippen molar-refractivity contribution in [3.63, 3.8) is 0 Å². The monoisotopic (exact) mass is 393 g/mol. The second-order valence-corrected chi connectivity index (χ2v) is 8.67. The number of rotatable bonds is 5. The van der Waals surface area contributed by atoms with E-state index in [0.29, 0.717) is 22.9 Å². The molecule has 2 aromatic rings. The molecule has 10 heteroatoms. The number of fused-ring (bicyclic) bond motifs is 1. The van der Waals surface area contributed by atoms with E-state index in [-0.39, 0.29) is 23.5 Å². The first-order valence-electron chi connectivity index (χ1n) is 8.35. The molecule has 0 aliphatic carbocycles. The zero-order chi connectivity index (χ0) is 19.6. The molecule has 3 rings (SSSR count). The normalized spacial score (nSPS) is 18.3. The number of aromatic amines is 1. The number of aromatic nitrogens is 2. The predicted octanol–water partition coefficient (Wildman–Crippen LogP) is -0.346. The fraction of sp³-hybridized carbons (Fsp3) is 0.412. The molecular weight excluding hydrogens is 374 g/mol. The lowest BCUT2D eigenvalue weighted by Gasteiger charge is -2.23. The predicted molar refractivity (Wildman–Crippen MR) is 96.9 cm³/mol. The van der Waals surface area contributed by atoms with E-state index in [1.54, 1.807) is 24.3 Å². The summed E-state index contributed by atoms with van der Waals surface area (Å²) in [7, 11) is -1.61. The van der Waals surface area contributed by atoms with Gasteiger partial charge in [-0.1, -0.05) is 18.2 Å². The van der Waals surface area contributed by atoms with E-state index in [9.17, 15) is 22.8 Å². The van der Waals surface area contributed by atoms with Crippen molar-refractivity contribution >= 4 is 32.5 Å². The number of H-pyrrole nitrogens is 1. The molecule has 27 heavy (non-hydrogen) atoms. The van der Waals surface area contributed by atoms with E-state index < -0.39 is 34.4 Å². The van der Waals surface area contributed by atoms with Crippen molar-refractivity contribution in [2.45, 2.75) is 18.9 Å². The van der Waals surface area contributed by atoms with Gasteiger partial charge in [-0.3, -0.25) is 14.4 Å². The summed E-state index contributed by atoms with van der Waals surface area (Å²) in [5.74, 6) is -1.15. The van der Waals surface area contributed by atoms with E-state index in [1.807, 2.05) is 0 Å². The molecule has 1 fully saturated rings. The summed E-state index contributed by atoms with van der Waals surface area (Å²) in [4.78, 5) is 37.3. The smallest absolute Gasteiger partial charge is 0.312 e. The zero-order valence-electron chi connectivity index (χ0n) is 14.7. The number of benzene rings is 1. The number of likely N-dealkylation sites (N-methyl/N-ethyl adjacent to an activating group) is 1. The topological polar surface area (TPSA) is 126 Å². The minimum absolute atomic E-state index is 0.0556. The van der Waals surface area contributed by atoms with Gasteiger partial charge >= 0.3 is 5.97 Å². The van der Waals surface area contributed by atoms with Crippen molar-refractivity contribution < 1.29 is 22.7 Å². The second-order valence-electron chi connectivity index (χ2n) is 6.44. The molecule has 0 spiro atoms. The lowest BCUT2D eigenvalue weighted by atomic mass is 10.1. The Morgan fingerprint density at radius 2 is 2.00 bits per heavy atom. The van der Waals surface area contributed by atoms with E-state index in [0.717, 1.165) is 0 Å². The van der Waals surface area contributed by atoms with Gasteiger partial charge in [-0.25, -0.2) is 13.5 Å². The van der Waals surface area contributed by atoms with E-state index in [4.69, 9.17) is 4.74 Å². The van der Waals surface area contributed by atoms with Crippen molar-refractivity contribution in [1.29, 1.82) is 0 Å². The van der Waals surface area contributed by atoms with Crippen LogP contribution < -0.4 is 5.56 Å². The third-order valence-corrected chi connectivity index (χ3v) is 6.34. The molecule has 0 radical (unpaired) electrons. The van der Waals surface area contributed by atoms with Gasteiger partial charge in [0.25, 0.3) is 11.5 Å². The highest BCUT2D eigenvalue weighted by molar-refractivity contribution is 7.91. The first kappa shape index (κ1) is 19.0. The summed E-state index contributed by atoms with van der Waals surface area (Å²) in [5, 5.41) is 7.17. The molecule has 1 amide bonds. The number of nitrogens with one attached hydrogen (secondary N) is 1. The first-order chi connectivity index (χ1) is 12.8. The molecule has 0 bridgehead atoms. The Labute approximate surface area is 155 Å². The summed E-state index contributed by atoms with van der Waals surface area (Å²) in [6.45, 7) is -0.479. The third kappa shape index (κ3) is 4.33. The number of carbonyl (C=O) groups is 2. The van der Waals surface area contributed by atoms with Gasteiger partial charge in [0.05, 0.1) is 29.0 Å². The molecule has 1 aromatic heterocycles. The molecular formula is C17H19N3O6S. The number of ether oxygens (including phenoxy) is 1. The molecule has 1 N–H and O–H groups in total. The highest BCUT2D eigenvalue weighted by Gasteiger charge is 2.32. The van der Waals surface area contributed by atoms with Gasteiger partial charge in [0.1, 0.15) is 0 Å². The van der Waals surface area contributed by atoms with E-state index >= 15 is 0 Å². The molecule has 2 heterocycles. The fourth-order valence-electron chi connectivity index (χ4n) is 3.02. The van der Waals surface area contributed by atoms with E-state index in [1.165, 1.54) is 11.9 Å². The summed E-state index contributed by atoms with van der Waals surface area (Å²) >= 11 is 0. The molecule has 1 aromatic carbocycles. The maximum atomic E-state index is 12.1. The highest BCUT2D eigenvalue weighted by Crippen LogP contribution is 2.17. The van der Waals surface area contributed by atoms with Crippen LogP contribution in [-0.4, -0.2) is 66.6 Å². The first-order valence-corrected chi connectivity index (χ1v) is 10.2. The van der Waals surface area contributed by atoms with Crippen molar-refractivity contribution in [2.24, 2.45) is 0 Å². The summed E-state index contributed by atoms with van der Waals surface area (Å²) < 4.78 is 28.0. The number of carbonyl (C=O) groups excluding carboxylic acids is 2. The van der Waals surface area contributed by atoms with Gasteiger partial charge in [0.2, 0.25) is 0 Å². The molecule has 9 nitrogen and oxygen atoms in total. The van der Waals surface area contributed by atoms with Crippen molar-refractivity contribution in [2.75, 3.05) is 25.2 Å². The van der Waals surface area contributed by atoms with Crippen LogP contribution in [0.25, 0.3) is 10.8 Å². The quantitative estimate of drug-likeness (QED) is 0.688. The Hall–Kier alpha value is -2.75. The maximum Gasteiger partial charge on any atom is 0.312 e. The second kappa shape index (κ2) is 7.47. The van der Waals surface area contributed by atoms with Gasteiger partial charge < -0.3 is 9.64 Å². The standard InChI is InChI=1S/C17H19N3O6S/c1-20(11-6-7-27(24,25)10-11)15(21)9-26-16(22)8-14-12-4-2-3-5-13(12)17(23)19-18-14/h2-5,11H,6-10H2,1H3,(H,19,23)/t11-/m1/s1. The Morgan fingerprint density at radius 1 is 1.30 bits per heavy atom. The molecule has 1 saturated heterocycles. The van der Waals surface area contributed by atoms with Gasteiger partial charge in [0.15, 0.2) is 16.4 Å². The van der Waals surface area contributed by atoms with Gasteiger partial charge in [-0.05, 0) is 12.5 Å². The largest absolute Gasteiger partial charge is 0.455 e. The summed E-state index contributed by atoms with van der Waals surface area (Å²) in [6.07, 6.45) is 0.178. The van der Waals surface area contributed by atoms with Crippen molar-refractivity contribution in [1.82, 2.24) is 15.1 Å². The molecule has 0 unspecified atom stereocenters. The van der Waals surface area contributed by atoms with Crippen LogP contribution in [-0.2, 0) is 30.6 Å². The number of hydrogen-bond acceptors (Lipinski definition) is 7. The Morgan fingerprint density at radius 3 is 2.67 bits per heavy atom. The van der Waals surface area contributed by atoms with Crippen LogP contribution in [0.4, 0.5) is 0 Å². The van der Waals surface area contributed by atoms with Crippen LogP contribution in [0.15, 0.2) is 29.1 Å². The molecule has 1 aliphatic rings. The Balaban J connectivity index is 1.60. The number of esters is 1. The molecule has 1 aliphatic heterocycles. The Kier molecular flexibility index (Phi) is 5.26. The zero-order valence-corrected chi connectivity index (χ0v) is 15.5. The van der Waals surface area contributed by atoms with Crippen LogP contribution in [0.5, 0.6) is 0 Å². The molecule has 0 saturated carbocycles. The summed E-state index contributed by atoms with van der Waals surface area (Å²) in [5.41, 5.74) is -0.0103. The van der Waals surface area contributed by atoms with Gasteiger partial charge in [-0.15, -0.1) is 0 Å². The van der Waals surface area contributed by atoms with Crippen molar-refractivity contribution in [3.05, 3.63) is 40.3 Å². The number of amides is 1. The van der Waals surface area contributed by atoms with E-state index in [2.05, 4.69) is 10.2 Å². The van der Waals surface area contributed by atoms with Gasteiger partial charge in [-0.2, -0.15) is 5.10 Å². The van der Waals surface area contributed by atoms with Crippen molar-refractivity contribution in [3.8, 4) is 0 Å². The Bertz CT molecular complexity index is 1050. The molecule has 1 atom stereocenters. The summed E-state index contributed by atoms with van der Waals surface area (Å²) in [6, 6.07) is 6.34. The average Bonchev–Trinajstić information content (AvgIpc) is 3.01. The lowest BCUT2D eigenvalue weighted by Crippen LogP contribution is -2.40. The third-order valence-electron chi connectivity index (χ3n) is 4.59. The highest BCUT2D eigenvalue weighted by atomic mass is 32.2. The maximum absolute atomic E-state index is 12.1. The minimum Gasteiger partial charge on any atom is -0.455 e. The SMILES string of the molecule is CN(C(=O)COC(=O)Cc1n[nH]c(=O)c2ccccc12)[C@@H]1CCS(=O)(=O)C1. The van der Waals surface area contributed by atoms with Crippen LogP contribution in [0.2, 0.25) is 0 Å². The van der Waals surface area contributed by atoms with Crippen LogP contribution in [0.3, 0.4) is 0 Å². The lowest BCUT2D eigenvalue weighted by molar-refractivity contribution is -0.151. The number of hydrogen-bond donors (Lipinski definition) is 1. The number of sulfone groups is 1. The van der Waals surface area contributed by atoms with Crippen LogP contribution in [0.1, 0.15) is 12.1 Å². The van der Waals surface area contributed by atoms with Crippen LogP contribution in [0, 0.1) is 0 Å². The van der Waals surface area contributed by atoms with Gasteiger partial charge in [0, 0.05) is 18.5 Å². The minimum atomic E-state index is -3.11. The molecule has 144 valence electrons. The van der Waals surface area contributed by atoms with Crippen LogP contribution >= 0.6 is 0 Å².